The molecule has 0 radical (unpaired) electrons. The van der Waals surface area contributed by atoms with E-state index in [1.165, 1.54) is 0 Å². The molecule has 0 atom stereocenters. The van der Waals surface area contributed by atoms with E-state index in [-0.39, 0.29) is 0 Å². The summed E-state index contributed by atoms with van der Waals surface area (Å²) in [5, 5.41) is 0. The van der Waals surface area contributed by atoms with Gasteiger partial charge in [0.25, 0.3) is 0 Å². The van der Waals surface area contributed by atoms with Gasteiger partial charge in [0.05, 0.1) is 16.1 Å². The summed E-state index contributed by atoms with van der Waals surface area (Å²) in [7, 11) is 0. The number of nitrogen functional groups attached to an aromatic ring is 1. The molecule has 0 fully saturated rings. The predicted octanol–water partition coefficient (Wildman–Crippen LogP) is 2.61. The van der Waals surface area contributed by atoms with E-state index in [1.807, 2.05) is 36.7 Å². The fourth-order valence-electron chi connectivity index (χ4n) is 1.22. The van der Waals surface area contributed by atoms with Crippen LogP contribution in [0.2, 0.25) is 0 Å². The number of thiazole rings is 1. The van der Waals surface area contributed by atoms with Crippen LogP contribution < -0.4 is 10.5 Å². The first-order chi connectivity index (χ1) is 7.25. The minimum atomic E-state index is 0.556. The van der Waals surface area contributed by atoms with Crippen molar-refractivity contribution in [2.45, 2.75) is 13.5 Å². The van der Waals surface area contributed by atoms with E-state index >= 15 is 0 Å². The molecule has 2 rings (SSSR count). The van der Waals surface area contributed by atoms with E-state index < -0.39 is 0 Å². The summed E-state index contributed by atoms with van der Waals surface area (Å²) in [6, 6.07) is 7.43. The maximum absolute atomic E-state index is 5.65. The van der Waals surface area contributed by atoms with Crippen LogP contribution in [-0.2, 0) is 6.61 Å². The zero-order valence-electron chi connectivity index (χ0n) is 8.43. The second kappa shape index (κ2) is 4.31. The predicted molar refractivity (Wildman–Crippen MR) is 62.0 cm³/mol. The van der Waals surface area contributed by atoms with Crippen LogP contribution in [0.4, 0.5) is 5.69 Å². The number of aryl methyl sites for hydroxylation is 1. The summed E-state index contributed by atoms with van der Waals surface area (Å²) in [5.74, 6) is 0.794. The van der Waals surface area contributed by atoms with Gasteiger partial charge in [-0.2, -0.15) is 0 Å². The standard InChI is InChI=1S/C11H12N2OS/c1-8-11(15-7-13-8)6-14-10-4-2-3-9(12)5-10/h2-5,7H,6,12H2,1H3. The summed E-state index contributed by atoms with van der Waals surface area (Å²) in [6.07, 6.45) is 0. The SMILES string of the molecule is Cc1ncsc1COc1cccc(N)c1. The number of aromatic nitrogens is 1. The van der Waals surface area contributed by atoms with Gasteiger partial charge in [-0.25, -0.2) is 4.98 Å². The van der Waals surface area contributed by atoms with Crippen LogP contribution in [-0.4, -0.2) is 4.98 Å². The Labute approximate surface area is 92.5 Å². The molecule has 0 aliphatic carbocycles. The second-order valence-electron chi connectivity index (χ2n) is 3.22. The van der Waals surface area contributed by atoms with Crippen LogP contribution >= 0.6 is 11.3 Å². The number of anilines is 1. The Morgan fingerprint density at radius 2 is 2.33 bits per heavy atom. The normalized spacial score (nSPS) is 10.2. The first-order valence-electron chi connectivity index (χ1n) is 4.63. The van der Waals surface area contributed by atoms with Crippen molar-refractivity contribution in [2.24, 2.45) is 0 Å². The monoisotopic (exact) mass is 220 g/mol. The summed E-state index contributed by atoms with van der Waals surface area (Å²) < 4.78 is 5.60. The summed E-state index contributed by atoms with van der Waals surface area (Å²) in [5.41, 5.74) is 9.22. The average Bonchev–Trinajstić information content (AvgIpc) is 2.61. The summed E-state index contributed by atoms with van der Waals surface area (Å²) in [6.45, 7) is 2.54. The molecular formula is C11H12N2OS. The van der Waals surface area contributed by atoms with E-state index in [4.69, 9.17) is 10.5 Å². The highest BCUT2D eigenvalue weighted by Crippen LogP contribution is 2.18. The third-order valence-corrected chi connectivity index (χ3v) is 2.98. The zero-order valence-corrected chi connectivity index (χ0v) is 9.25. The number of ether oxygens (including phenoxy) is 1. The van der Waals surface area contributed by atoms with Gasteiger partial charge in [0, 0.05) is 11.8 Å². The number of rotatable bonds is 3. The highest BCUT2D eigenvalue weighted by Gasteiger charge is 2.02. The molecule has 3 nitrogen and oxygen atoms in total. The lowest BCUT2D eigenvalue weighted by Gasteiger charge is -2.05. The van der Waals surface area contributed by atoms with Crippen molar-refractivity contribution in [3.63, 3.8) is 0 Å². The molecule has 78 valence electrons. The Balaban J connectivity index is 2.02. The van der Waals surface area contributed by atoms with Crippen LogP contribution in [0, 0.1) is 6.92 Å². The van der Waals surface area contributed by atoms with Gasteiger partial charge in [0.1, 0.15) is 12.4 Å². The van der Waals surface area contributed by atoms with Gasteiger partial charge in [0.15, 0.2) is 0 Å². The lowest BCUT2D eigenvalue weighted by Crippen LogP contribution is -1.95. The quantitative estimate of drug-likeness (QED) is 0.809. The van der Waals surface area contributed by atoms with Crippen LogP contribution in [0.3, 0.4) is 0 Å². The molecule has 0 aliphatic heterocycles. The molecule has 0 unspecified atom stereocenters. The van der Waals surface area contributed by atoms with E-state index in [9.17, 15) is 0 Å². The van der Waals surface area contributed by atoms with Gasteiger partial charge in [-0.3, -0.25) is 0 Å². The molecule has 0 bridgehead atoms. The van der Waals surface area contributed by atoms with Crippen LogP contribution in [0.5, 0.6) is 5.75 Å². The lowest BCUT2D eigenvalue weighted by molar-refractivity contribution is 0.309. The zero-order chi connectivity index (χ0) is 10.7. The van der Waals surface area contributed by atoms with Crippen molar-refractivity contribution in [1.82, 2.24) is 4.98 Å². The molecule has 1 heterocycles. The number of nitrogens with zero attached hydrogens (tertiary/aromatic N) is 1. The minimum Gasteiger partial charge on any atom is -0.488 e. The van der Waals surface area contributed by atoms with Gasteiger partial charge in [0.2, 0.25) is 0 Å². The van der Waals surface area contributed by atoms with Gasteiger partial charge in [-0.1, -0.05) is 6.07 Å². The fourth-order valence-corrected chi connectivity index (χ4v) is 1.91. The van der Waals surface area contributed by atoms with Gasteiger partial charge < -0.3 is 10.5 Å². The smallest absolute Gasteiger partial charge is 0.124 e. The van der Waals surface area contributed by atoms with Crippen molar-refractivity contribution in [2.75, 3.05) is 5.73 Å². The highest BCUT2D eigenvalue weighted by atomic mass is 32.1. The van der Waals surface area contributed by atoms with E-state index in [2.05, 4.69) is 4.98 Å². The first-order valence-corrected chi connectivity index (χ1v) is 5.51. The number of hydrogen-bond donors (Lipinski definition) is 1. The van der Waals surface area contributed by atoms with Crippen LogP contribution in [0.1, 0.15) is 10.6 Å². The van der Waals surface area contributed by atoms with Crippen molar-refractivity contribution in [1.29, 1.82) is 0 Å². The number of hydrogen-bond acceptors (Lipinski definition) is 4. The van der Waals surface area contributed by atoms with Crippen molar-refractivity contribution in [3.8, 4) is 5.75 Å². The number of benzene rings is 1. The Kier molecular flexibility index (Phi) is 2.87. The van der Waals surface area contributed by atoms with Crippen molar-refractivity contribution >= 4 is 17.0 Å². The van der Waals surface area contributed by atoms with Crippen LogP contribution in [0.25, 0.3) is 0 Å². The fraction of sp³-hybridized carbons (Fsp3) is 0.182. The summed E-state index contributed by atoms with van der Waals surface area (Å²) in [4.78, 5) is 5.31. The second-order valence-corrected chi connectivity index (χ2v) is 4.16. The van der Waals surface area contributed by atoms with Gasteiger partial charge >= 0.3 is 0 Å². The largest absolute Gasteiger partial charge is 0.488 e. The molecule has 2 N–H and O–H groups in total. The topological polar surface area (TPSA) is 48.1 Å². The van der Waals surface area contributed by atoms with E-state index in [0.29, 0.717) is 12.3 Å². The van der Waals surface area contributed by atoms with Gasteiger partial charge in [-0.15, -0.1) is 11.3 Å². The number of nitrogens with two attached hydrogens (primary N) is 1. The van der Waals surface area contributed by atoms with Gasteiger partial charge in [-0.05, 0) is 19.1 Å². The molecule has 4 heteroatoms. The minimum absolute atomic E-state index is 0.556. The van der Waals surface area contributed by atoms with Crippen molar-refractivity contribution < 1.29 is 4.74 Å². The Morgan fingerprint density at radius 1 is 1.47 bits per heavy atom. The highest BCUT2D eigenvalue weighted by molar-refractivity contribution is 7.09. The average molecular weight is 220 g/mol. The Hall–Kier alpha value is -1.55. The molecule has 2 aromatic rings. The van der Waals surface area contributed by atoms with Crippen LogP contribution in [0.15, 0.2) is 29.8 Å². The molecule has 0 amide bonds. The summed E-state index contributed by atoms with van der Waals surface area (Å²) >= 11 is 1.61. The van der Waals surface area contributed by atoms with Crippen molar-refractivity contribution in [3.05, 3.63) is 40.3 Å². The lowest BCUT2D eigenvalue weighted by atomic mass is 10.3. The maximum Gasteiger partial charge on any atom is 0.124 e. The molecular weight excluding hydrogens is 208 g/mol. The molecule has 0 saturated heterocycles. The third-order valence-electron chi connectivity index (χ3n) is 2.07. The molecule has 0 aliphatic rings. The van der Waals surface area contributed by atoms with E-state index in [1.54, 1.807) is 11.3 Å². The van der Waals surface area contributed by atoms with E-state index in [0.717, 1.165) is 16.3 Å². The molecule has 0 saturated carbocycles. The molecule has 1 aromatic carbocycles. The third kappa shape index (κ3) is 2.47. The Morgan fingerprint density at radius 3 is 3.00 bits per heavy atom. The first kappa shape index (κ1) is 9.98. The molecule has 15 heavy (non-hydrogen) atoms. The maximum atomic E-state index is 5.65. The molecule has 0 spiro atoms. The molecule has 1 aromatic heterocycles. The Bertz CT molecular complexity index is 453.